The highest BCUT2D eigenvalue weighted by Crippen LogP contribution is 2.33. The van der Waals surface area contributed by atoms with Crippen molar-refractivity contribution >= 4 is 11.6 Å². The van der Waals surface area contributed by atoms with Crippen LogP contribution in [0.25, 0.3) is 11.3 Å². The molecule has 1 saturated heterocycles. The molecule has 4 nitrogen and oxygen atoms in total. The molecule has 0 radical (unpaired) electrons. The van der Waals surface area contributed by atoms with E-state index >= 15 is 0 Å². The summed E-state index contributed by atoms with van der Waals surface area (Å²) in [6.07, 6.45) is 0.459. The quantitative estimate of drug-likeness (QED) is 0.852. The number of nitrogens with zero attached hydrogens (tertiary/aromatic N) is 3. The number of hydrogen-bond donors (Lipinski definition) is 0. The molecule has 0 atom stereocenters. The fraction of sp³-hybridized carbons (Fsp3) is 0.400. The summed E-state index contributed by atoms with van der Waals surface area (Å²) in [5.41, 5.74) is 3.81. The van der Waals surface area contributed by atoms with E-state index in [1.54, 1.807) is 0 Å². The Labute approximate surface area is 143 Å². The molecule has 2 heterocycles. The van der Waals surface area contributed by atoms with Gasteiger partial charge in [-0.2, -0.15) is 0 Å². The summed E-state index contributed by atoms with van der Waals surface area (Å²) in [7, 11) is 0. The fourth-order valence-electron chi connectivity index (χ4n) is 3.70. The van der Waals surface area contributed by atoms with E-state index in [0.29, 0.717) is 12.5 Å². The minimum absolute atomic E-state index is 0.193. The highest BCUT2D eigenvalue weighted by atomic mass is 16.1. The van der Waals surface area contributed by atoms with Gasteiger partial charge in [0.25, 0.3) is 0 Å². The second-order valence-electron chi connectivity index (χ2n) is 6.94. The van der Waals surface area contributed by atoms with Gasteiger partial charge in [0.2, 0.25) is 0 Å². The van der Waals surface area contributed by atoms with Crippen LogP contribution in [0.3, 0.4) is 0 Å². The van der Waals surface area contributed by atoms with Gasteiger partial charge in [-0.3, -0.25) is 9.69 Å². The van der Waals surface area contributed by atoms with Crippen molar-refractivity contribution in [1.82, 2.24) is 9.88 Å². The number of piperazine rings is 1. The van der Waals surface area contributed by atoms with E-state index in [2.05, 4.69) is 35.8 Å². The van der Waals surface area contributed by atoms with Crippen molar-refractivity contribution in [2.24, 2.45) is 0 Å². The first kappa shape index (κ1) is 15.3. The van der Waals surface area contributed by atoms with Gasteiger partial charge in [-0.05, 0) is 25.5 Å². The molecule has 0 N–H and O–H groups in total. The Morgan fingerprint density at radius 2 is 1.67 bits per heavy atom. The summed E-state index contributed by atoms with van der Waals surface area (Å²) >= 11 is 0. The number of pyridine rings is 1. The molecule has 0 spiro atoms. The van der Waals surface area contributed by atoms with Crippen LogP contribution < -0.4 is 4.90 Å². The van der Waals surface area contributed by atoms with Crippen molar-refractivity contribution in [2.45, 2.75) is 26.3 Å². The van der Waals surface area contributed by atoms with E-state index in [1.165, 1.54) is 0 Å². The first-order valence-electron chi connectivity index (χ1n) is 8.75. The van der Waals surface area contributed by atoms with Gasteiger partial charge in [-0.25, -0.2) is 4.98 Å². The van der Waals surface area contributed by atoms with Crippen molar-refractivity contribution in [1.29, 1.82) is 0 Å². The molecule has 1 aromatic heterocycles. The van der Waals surface area contributed by atoms with Crippen LogP contribution in [-0.2, 0) is 6.42 Å². The highest BCUT2D eigenvalue weighted by molar-refractivity contribution is 6.06. The molecule has 1 aliphatic heterocycles. The predicted molar refractivity (Wildman–Crippen MR) is 96.6 cm³/mol. The average molecular weight is 321 g/mol. The SMILES string of the molecule is CC(C)N1CCN(c2ccc3c(n2)-c2ccccc2C(=O)C3)CC1. The lowest BCUT2D eigenvalue weighted by Gasteiger charge is -2.37. The molecule has 2 aromatic rings. The van der Waals surface area contributed by atoms with E-state index in [0.717, 1.165) is 54.4 Å². The Bertz CT molecular complexity index is 776. The molecular formula is C20H23N3O. The Hall–Kier alpha value is -2.20. The molecule has 4 heteroatoms. The van der Waals surface area contributed by atoms with Crippen molar-refractivity contribution < 1.29 is 4.79 Å². The molecule has 0 bridgehead atoms. The molecule has 24 heavy (non-hydrogen) atoms. The second kappa shape index (κ2) is 6.02. The molecule has 4 rings (SSSR count). The normalized spacial score (nSPS) is 17.8. The molecule has 0 amide bonds. The van der Waals surface area contributed by atoms with Gasteiger partial charge in [-0.15, -0.1) is 0 Å². The molecule has 1 aliphatic carbocycles. The Morgan fingerprint density at radius 1 is 0.958 bits per heavy atom. The van der Waals surface area contributed by atoms with Crippen molar-refractivity contribution in [3.8, 4) is 11.3 Å². The summed E-state index contributed by atoms with van der Waals surface area (Å²) in [5, 5.41) is 0. The summed E-state index contributed by atoms with van der Waals surface area (Å²) < 4.78 is 0. The summed E-state index contributed by atoms with van der Waals surface area (Å²) in [4.78, 5) is 22.1. The lowest BCUT2D eigenvalue weighted by molar-refractivity contribution is 0.0991. The smallest absolute Gasteiger partial charge is 0.167 e. The second-order valence-corrected chi connectivity index (χ2v) is 6.94. The number of carbonyl (C=O) groups is 1. The van der Waals surface area contributed by atoms with Gasteiger partial charge in [0, 0.05) is 49.8 Å². The maximum Gasteiger partial charge on any atom is 0.167 e. The third kappa shape index (κ3) is 2.61. The molecule has 124 valence electrons. The number of fused-ring (bicyclic) bond motifs is 3. The van der Waals surface area contributed by atoms with E-state index in [9.17, 15) is 4.79 Å². The average Bonchev–Trinajstić information content (AvgIpc) is 2.62. The zero-order valence-electron chi connectivity index (χ0n) is 14.3. The maximum absolute atomic E-state index is 12.3. The fourth-order valence-corrected chi connectivity index (χ4v) is 3.70. The van der Waals surface area contributed by atoms with Crippen LogP contribution in [0, 0.1) is 0 Å². The third-order valence-corrected chi connectivity index (χ3v) is 5.17. The number of aromatic nitrogens is 1. The largest absolute Gasteiger partial charge is 0.354 e. The summed E-state index contributed by atoms with van der Waals surface area (Å²) in [5.74, 6) is 1.22. The molecule has 1 fully saturated rings. The van der Waals surface area contributed by atoms with Crippen LogP contribution in [0.4, 0.5) is 5.82 Å². The molecule has 0 saturated carbocycles. The van der Waals surface area contributed by atoms with E-state index in [-0.39, 0.29) is 5.78 Å². The Kier molecular flexibility index (Phi) is 3.85. The topological polar surface area (TPSA) is 36.4 Å². The lowest BCUT2D eigenvalue weighted by Crippen LogP contribution is -2.49. The monoisotopic (exact) mass is 321 g/mol. The van der Waals surface area contributed by atoms with Crippen LogP contribution in [0.15, 0.2) is 36.4 Å². The molecule has 0 unspecified atom stereocenters. The van der Waals surface area contributed by atoms with E-state index in [4.69, 9.17) is 4.98 Å². The number of anilines is 1. The van der Waals surface area contributed by atoms with Gasteiger partial charge in [0.15, 0.2) is 5.78 Å². The van der Waals surface area contributed by atoms with E-state index < -0.39 is 0 Å². The maximum atomic E-state index is 12.3. The van der Waals surface area contributed by atoms with Crippen molar-refractivity contribution in [3.05, 3.63) is 47.5 Å². The summed E-state index contributed by atoms with van der Waals surface area (Å²) in [6.45, 7) is 8.66. The highest BCUT2D eigenvalue weighted by Gasteiger charge is 2.25. The predicted octanol–water partition coefficient (Wildman–Crippen LogP) is 3.02. The van der Waals surface area contributed by atoms with Gasteiger partial charge in [0.1, 0.15) is 5.82 Å². The third-order valence-electron chi connectivity index (χ3n) is 5.17. The number of rotatable bonds is 2. The van der Waals surface area contributed by atoms with Gasteiger partial charge in [0.05, 0.1) is 5.69 Å². The number of hydrogen-bond acceptors (Lipinski definition) is 4. The van der Waals surface area contributed by atoms with Crippen molar-refractivity contribution in [3.63, 3.8) is 0 Å². The zero-order valence-corrected chi connectivity index (χ0v) is 14.3. The minimum atomic E-state index is 0.193. The molecular weight excluding hydrogens is 298 g/mol. The first-order valence-corrected chi connectivity index (χ1v) is 8.75. The molecule has 2 aliphatic rings. The summed E-state index contributed by atoms with van der Waals surface area (Å²) in [6, 6.07) is 12.6. The minimum Gasteiger partial charge on any atom is -0.354 e. The van der Waals surface area contributed by atoms with Crippen LogP contribution in [-0.4, -0.2) is 47.9 Å². The lowest BCUT2D eigenvalue weighted by atomic mass is 9.88. The number of benzene rings is 1. The van der Waals surface area contributed by atoms with Crippen LogP contribution in [0.1, 0.15) is 29.8 Å². The van der Waals surface area contributed by atoms with Gasteiger partial charge < -0.3 is 4.90 Å². The Morgan fingerprint density at radius 3 is 2.38 bits per heavy atom. The van der Waals surface area contributed by atoms with Crippen LogP contribution in [0.2, 0.25) is 0 Å². The first-order chi connectivity index (χ1) is 11.6. The zero-order chi connectivity index (χ0) is 16.7. The van der Waals surface area contributed by atoms with E-state index in [1.807, 2.05) is 24.3 Å². The number of Topliss-reactive ketones (excluding diaryl/α,β-unsaturated/α-hetero) is 1. The standard InChI is InChI=1S/C20H23N3O/c1-14(2)22-9-11-23(12-10-22)19-8-7-15-13-18(24)16-5-3-4-6-17(16)20(15)21-19/h3-8,14H,9-13H2,1-2H3. The van der Waals surface area contributed by atoms with Crippen molar-refractivity contribution in [2.75, 3.05) is 31.1 Å². The van der Waals surface area contributed by atoms with Gasteiger partial charge >= 0.3 is 0 Å². The molecule has 1 aromatic carbocycles. The number of carbonyl (C=O) groups excluding carboxylic acids is 1. The van der Waals surface area contributed by atoms with Crippen LogP contribution >= 0.6 is 0 Å². The number of ketones is 1. The Balaban J connectivity index is 1.64. The van der Waals surface area contributed by atoms with Gasteiger partial charge in [-0.1, -0.05) is 30.3 Å². The van der Waals surface area contributed by atoms with Crippen LogP contribution in [0.5, 0.6) is 0 Å².